The van der Waals surface area contributed by atoms with Crippen molar-refractivity contribution >= 4 is 22.9 Å². The topological polar surface area (TPSA) is 34.9 Å². The van der Waals surface area contributed by atoms with Crippen molar-refractivity contribution in [2.75, 3.05) is 0 Å². The van der Waals surface area contributed by atoms with E-state index in [1.807, 2.05) is 28.8 Å². The van der Waals surface area contributed by atoms with Crippen LogP contribution in [0.1, 0.15) is 61.6 Å². The molecule has 0 aliphatic rings. The molecule has 3 rings (SSSR count). The summed E-state index contributed by atoms with van der Waals surface area (Å²) >= 11 is 0. The normalized spacial score (nSPS) is 11.5. The Morgan fingerprint density at radius 2 is 1.71 bits per heavy atom. The number of carbonyl (C=O) groups excluding carboxylic acids is 1. The van der Waals surface area contributed by atoms with E-state index in [0.29, 0.717) is 5.82 Å². The van der Waals surface area contributed by atoms with Crippen LogP contribution in [0.25, 0.3) is 17.1 Å². The molecule has 0 radical (unpaired) electrons. The van der Waals surface area contributed by atoms with E-state index in [1.54, 1.807) is 18.2 Å². The first-order chi connectivity index (χ1) is 13.7. The highest BCUT2D eigenvalue weighted by molar-refractivity contribution is 6.06. The van der Waals surface area contributed by atoms with E-state index in [1.165, 1.54) is 43.9 Å². The molecule has 0 bridgehead atoms. The minimum Gasteiger partial charge on any atom is -0.321 e. The van der Waals surface area contributed by atoms with Crippen molar-refractivity contribution in [1.29, 1.82) is 0 Å². The van der Waals surface area contributed by atoms with Gasteiger partial charge in [-0.1, -0.05) is 69.4 Å². The number of hydrogen-bond donors (Lipinski definition) is 0. The Morgan fingerprint density at radius 3 is 2.50 bits per heavy atom. The fourth-order valence-corrected chi connectivity index (χ4v) is 3.36. The lowest BCUT2D eigenvalue weighted by Crippen LogP contribution is -2.09. The van der Waals surface area contributed by atoms with Crippen LogP contribution in [0.5, 0.6) is 0 Å². The third kappa shape index (κ3) is 5.16. The lowest BCUT2D eigenvalue weighted by molar-refractivity contribution is 0.103. The smallest absolute Gasteiger partial charge is 0.221 e. The van der Waals surface area contributed by atoms with Gasteiger partial charge in [0.25, 0.3) is 0 Å². The zero-order valence-electron chi connectivity index (χ0n) is 16.4. The molecule has 0 unspecified atom stereocenters. The minimum atomic E-state index is -0.288. The van der Waals surface area contributed by atoms with Gasteiger partial charge in [-0.3, -0.25) is 4.79 Å². The molecule has 0 aliphatic carbocycles. The van der Waals surface area contributed by atoms with Crippen molar-refractivity contribution in [3.05, 3.63) is 71.8 Å². The van der Waals surface area contributed by atoms with Crippen LogP contribution in [-0.4, -0.2) is 15.3 Å². The molecule has 3 aromatic rings. The summed E-state index contributed by atoms with van der Waals surface area (Å²) in [6.45, 7) is 3.01. The predicted octanol–water partition coefficient (Wildman–Crippen LogP) is 6.43. The molecule has 28 heavy (non-hydrogen) atoms. The fraction of sp³-hybridized carbons (Fsp3) is 0.333. The van der Waals surface area contributed by atoms with Gasteiger partial charge in [0.2, 0.25) is 5.78 Å². The molecule has 0 amide bonds. The molecule has 1 heterocycles. The monoisotopic (exact) mass is 378 g/mol. The van der Waals surface area contributed by atoms with Crippen LogP contribution in [0.3, 0.4) is 0 Å². The second kappa shape index (κ2) is 9.98. The molecule has 0 aliphatic heterocycles. The van der Waals surface area contributed by atoms with Gasteiger partial charge in [-0.25, -0.2) is 9.37 Å². The molecule has 146 valence electrons. The zero-order chi connectivity index (χ0) is 19.8. The van der Waals surface area contributed by atoms with Gasteiger partial charge in [-0.05, 0) is 42.3 Å². The Morgan fingerprint density at radius 1 is 1.00 bits per heavy atom. The Kier molecular flexibility index (Phi) is 7.12. The van der Waals surface area contributed by atoms with Crippen LogP contribution in [0.2, 0.25) is 0 Å². The minimum absolute atomic E-state index is 0.133. The van der Waals surface area contributed by atoms with E-state index in [4.69, 9.17) is 0 Å². The van der Waals surface area contributed by atoms with Gasteiger partial charge in [0.05, 0.1) is 11.0 Å². The number of aromatic nitrogens is 2. The average Bonchev–Trinajstić information content (AvgIpc) is 3.09. The molecular weight excluding hydrogens is 351 g/mol. The average molecular weight is 378 g/mol. The summed E-state index contributed by atoms with van der Waals surface area (Å²) in [4.78, 5) is 17.4. The molecule has 0 N–H and O–H groups in total. The second-order valence-corrected chi connectivity index (χ2v) is 7.09. The lowest BCUT2D eigenvalue weighted by atomic mass is 10.1. The zero-order valence-corrected chi connectivity index (χ0v) is 16.4. The van der Waals surface area contributed by atoms with E-state index in [-0.39, 0.29) is 11.6 Å². The van der Waals surface area contributed by atoms with Gasteiger partial charge in [0.15, 0.2) is 5.82 Å². The summed E-state index contributed by atoms with van der Waals surface area (Å²) in [6, 6.07) is 13.9. The summed E-state index contributed by atoms with van der Waals surface area (Å²) in [5.41, 5.74) is 2.62. The van der Waals surface area contributed by atoms with Crippen molar-refractivity contribution in [3.63, 3.8) is 0 Å². The van der Waals surface area contributed by atoms with Crippen molar-refractivity contribution in [2.45, 2.75) is 52.0 Å². The van der Waals surface area contributed by atoms with E-state index < -0.39 is 0 Å². The predicted molar refractivity (Wildman–Crippen MR) is 113 cm³/mol. The van der Waals surface area contributed by atoms with Gasteiger partial charge in [0, 0.05) is 6.54 Å². The van der Waals surface area contributed by atoms with E-state index in [2.05, 4.69) is 11.9 Å². The first-order valence-electron chi connectivity index (χ1n) is 10.1. The van der Waals surface area contributed by atoms with Crippen LogP contribution >= 0.6 is 0 Å². The maximum atomic E-state index is 13.0. The number of imidazole rings is 1. The molecule has 4 heteroatoms. The highest BCUT2D eigenvalue weighted by Crippen LogP contribution is 2.19. The molecule has 0 fully saturated rings. The molecule has 0 spiro atoms. The van der Waals surface area contributed by atoms with Crippen LogP contribution in [0.15, 0.2) is 54.6 Å². The van der Waals surface area contributed by atoms with Crippen molar-refractivity contribution < 1.29 is 9.18 Å². The number of rotatable bonds is 10. The van der Waals surface area contributed by atoms with Gasteiger partial charge in [0.1, 0.15) is 5.82 Å². The molecule has 1 aromatic heterocycles. The van der Waals surface area contributed by atoms with Crippen LogP contribution in [0.4, 0.5) is 4.39 Å². The van der Waals surface area contributed by atoms with Gasteiger partial charge >= 0.3 is 0 Å². The quantitative estimate of drug-likeness (QED) is 0.231. The number of para-hydroxylation sites is 2. The van der Waals surface area contributed by atoms with E-state index in [9.17, 15) is 9.18 Å². The maximum absolute atomic E-state index is 13.0. The number of allylic oxidation sites excluding steroid dienone is 1. The summed E-state index contributed by atoms with van der Waals surface area (Å²) in [6.07, 6.45) is 10.4. The number of unbranched alkanes of at least 4 members (excludes halogenated alkanes) is 5. The molecule has 2 aromatic carbocycles. The summed E-state index contributed by atoms with van der Waals surface area (Å²) in [5, 5.41) is 0. The number of halogens is 1. The van der Waals surface area contributed by atoms with Crippen molar-refractivity contribution in [1.82, 2.24) is 9.55 Å². The first-order valence-corrected chi connectivity index (χ1v) is 10.1. The number of aryl methyl sites for hydroxylation is 1. The standard InChI is InChI=1S/C24H27FN2O/c1-2-3-4-5-6-9-18-27-22-11-8-7-10-21(22)26-24(27)23(28)17-14-19-12-15-20(25)16-13-19/h7-8,10-17H,2-6,9,18H2,1H3/b17-14+. The molecule has 0 saturated heterocycles. The van der Waals surface area contributed by atoms with Gasteiger partial charge in [-0.15, -0.1) is 0 Å². The highest BCUT2D eigenvalue weighted by atomic mass is 19.1. The largest absolute Gasteiger partial charge is 0.321 e. The number of hydrogen-bond acceptors (Lipinski definition) is 2. The molecule has 0 saturated carbocycles. The summed E-state index contributed by atoms with van der Waals surface area (Å²) < 4.78 is 15.1. The Labute approximate surface area is 165 Å². The fourth-order valence-electron chi connectivity index (χ4n) is 3.36. The summed E-state index contributed by atoms with van der Waals surface area (Å²) in [7, 11) is 0. The Bertz CT molecular complexity index is 941. The number of carbonyl (C=O) groups is 1. The Hall–Kier alpha value is -2.75. The second-order valence-electron chi connectivity index (χ2n) is 7.09. The lowest BCUT2D eigenvalue weighted by Gasteiger charge is -2.07. The van der Waals surface area contributed by atoms with E-state index >= 15 is 0 Å². The van der Waals surface area contributed by atoms with Crippen LogP contribution in [-0.2, 0) is 6.54 Å². The molecule has 0 atom stereocenters. The highest BCUT2D eigenvalue weighted by Gasteiger charge is 2.15. The van der Waals surface area contributed by atoms with Gasteiger partial charge in [-0.2, -0.15) is 0 Å². The van der Waals surface area contributed by atoms with Gasteiger partial charge < -0.3 is 4.57 Å². The number of benzene rings is 2. The van der Waals surface area contributed by atoms with Crippen LogP contribution < -0.4 is 0 Å². The van der Waals surface area contributed by atoms with Crippen molar-refractivity contribution in [2.24, 2.45) is 0 Å². The SMILES string of the molecule is CCCCCCCCn1c(C(=O)/C=C/c2ccc(F)cc2)nc2ccccc21. The molecule has 3 nitrogen and oxygen atoms in total. The maximum Gasteiger partial charge on any atom is 0.221 e. The molecular formula is C24H27FN2O. The third-order valence-electron chi connectivity index (χ3n) is 4.91. The summed E-state index contributed by atoms with van der Waals surface area (Å²) in [5.74, 6) is 0.0452. The number of ketones is 1. The van der Waals surface area contributed by atoms with E-state index in [0.717, 1.165) is 36.0 Å². The van der Waals surface area contributed by atoms with Crippen LogP contribution in [0, 0.1) is 5.82 Å². The number of fused-ring (bicyclic) bond motifs is 1. The number of nitrogens with zero attached hydrogens (tertiary/aromatic N) is 2. The Balaban J connectivity index is 1.75. The first kappa shape index (κ1) is 20.0. The third-order valence-corrected chi connectivity index (χ3v) is 4.91. The van der Waals surface area contributed by atoms with Crippen molar-refractivity contribution in [3.8, 4) is 0 Å².